The molecule has 0 atom stereocenters. The number of aromatic amines is 1. The molecule has 4 rings (SSSR count). The molecule has 1 N–H and O–H groups in total. The van der Waals surface area contributed by atoms with E-state index in [2.05, 4.69) is 57.9 Å². The lowest BCUT2D eigenvalue weighted by Gasteiger charge is -2.32. The number of rotatable bonds is 4. The molecule has 0 radical (unpaired) electrons. The Morgan fingerprint density at radius 2 is 1.74 bits per heavy atom. The Labute approximate surface area is 184 Å². The molecule has 0 spiro atoms. The molecule has 1 fully saturated rings. The number of hydrogen-bond donors (Lipinski definition) is 1. The first-order valence-corrected chi connectivity index (χ1v) is 10.8. The molecule has 1 aromatic heterocycles. The lowest BCUT2D eigenvalue weighted by atomic mass is 10.0. The molecule has 2 aromatic carbocycles. The normalized spacial score (nSPS) is 15.2. The topological polar surface area (TPSA) is 42.6 Å². The quantitative estimate of drug-likeness (QED) is 0.667. The number of piperazine rings is 1. The smallest absolute Gasteiger partial charge is 0.256 e. The van der Waals surface area contributed by atoms with Crippen LogP contribution in [0.3, 0.4) is 0 Å². The van der Waals surface area contributed by atoms with Crippen molar-refractivity contribution in [3.8, 4) is 23.1 Å². The maximum absolute atomic E-state index is 12.7. The van der Waals surface area contributed by atoms with Crippen LogP contribution in [-0.2, 0) is 6.54 Å². The molecule has 3 aromatic rings. The molecule has 1 aliphatic heterocycles. The zero-order valence-electron chi connectivity index (χ0n) is 18.6. The van der Waals surface area contributed by atoms with Crippen LogP contribution in [0.2, 0.25) is 0 Å². The van der Waals surface area contributed by atoms with E-state index in [0.29, 0.717) is 11.9 Å². The van der Waals surface area contributed by atoms with Crippen molar-refractivity contribution in [3.05, 3.63) is 70.0 Å². The van der Waals surface area contributed by atoms with Gasteiger partial charge in [0.25, 0.3) is 5.56 Å². The minimum Gasteiger partial charge on any atom is -0.321 e. The van der Waals surface area contributed by atoms with Gasteiger partial charge in [0.1, 0.15) is 0 Å². The van der Waals surface area contributed by atoms with Crippen molar-refractivity contribution in [2.75, 3.05) is 53.9 Å². The number of pyridine rings is 1. The molecule has 1 aliphatic rings. The summed E-state index contributed by atoms with van der Waals surface area (Å²) in [4.78, 5) is 22.7. The predicted molar refractivity (Wildman–Crippen MR) is 128 cm³/mol. The highest BCUT2D eigenvalue weighted by Gasteiger charge is 2.14. The molecular formula is C26H30N4O. The van der Waals surface area contributed by atoms with E-state index in [4.69, 9.17) is 0 Å². The van der Waals surface area contributed by atoms with Crippen molar-refractivity contribution in [3.63, 3.8) is 0 Å². The maximum atomic E-state index is 12.7. The van der Waals surface area contributed by atoms with E-state index in [1.165, 1.54) is 5.56 Å². The molecule has 1 saturated heterocycles. The van der Waals surface area contributed by atoms with Gasteiger partial charge in [-0.1, -0.05) is 42.2 Å². The van der Waals surface area contributed by atoms with Crippen LogP contribution in [0.1, 0.15) is 11.1 Å². The van der Waals surface area contributed by atoms with Crippen LogP contribution in [0.25, 0.3) is 22.0 Å². The van der Waals surface area contributed by atoms with E-state index >= 15 is 0 Å². The van der Waals surface area contributed by atoms with E-state index in [1.807, 2.05) is 43.3 Å². The van der Waals surface area contributed by atoms with E-state index < -0.39 is 0 Å². The molecule has 0 aliphatic carbocycles. The van der Waals surface area contributed by atoms with Gasteiger partial charge >= 0.3 is 0 Å². The van der Waals surface area contributed by atoms with Gasteiger partial charge in [-0.05, 0) is 50.5 Å². The third kappa shape index (κ3) is 5.23. The Morgan fingerprint density at radius 3 is 2.45 bits per heavy atom. The molecule has 5 nitrogen and oxygen atoms in total. The number of hydrogen-bond acceptors (Lipinski definition) is 4. The van der Waals surface area contributed by atoms with E-state index in [-0.39, 0.29) is 5.56 Å². The molecule has 160 valence electrons. The summed E-state index contributed by atoms with van der Waals surface area (Å²) in [6, 6.07) is 16.3. The van der Waals surface area contributed by atoms with Crippen molar-refractivity contribution in [2.24, 2.45) is 0 Å². The van der Waals surface area contributed by atoms with Crippen molar-refractivity contribution >= 4 is 10.8 Å². The number of nitrogens with one attached hydrogen (secondary N) is 1. The summed E-state index contributed by atoms with van der Waals surface area (Å²) in [5.74, 6) is 6.41. The molecule has 0 amide bonds. The van der Waals surface area contributed by atoms with Crippen molar-refractivity contribution in [2.45, 2.75) is 6.54 Å². The Morgan fingerprint density at radius 1 is 1.00 bits per heavy atom. The third-order valence-corrected chi connectivity index (χ3v) is 5.77. The van der Waals surface area contributed by atoms with Crippen LogP contribution in [0.4, 0.5) is 0 Å². The first kappa shape index (κ1) is 21.3. The van der Waals surface area contributed by atoms with Crippen LogP contribution in [0, 0.1) is 11.8 Å². The van der Waals surface area contributed by atoms with Gasteiger partial charge in [-0.2, -0.15) is 0 Å². The Hall–Kier alpha value is -2.91. The summed E-state index contributed by atoms with van der Waals surface area (Å²) in [6.45, 7) is 6.10. The second kappa shape index (κ2) is 9.49. The fourth-order valence-corrected chi connectivity index (χ4v) is 3.90. The summed E-state index contributed by atoms with van der Waals surface area (Å²) in [7, 11) is 6.16. The number of fused-ring (bicyclic) bond motifs is 1. The average Bonchev–Trinajstić information content (AvgIpc) is 2.76. The standard InChI is InChI=1S/C26H30N4O/c1-28(2)13-5-7-21-6-4-8-23-24(21)18-25(27-26(23)31)22-11-9-20(10-12-22)19-30-16-14-29(3)15-17-30/h4,6,8-12,18H,13-17,19H2,1-3H3,(H,27,31). The molecule has 0 bridgehead atoms. The van der Waals surface area contributed by atoms with Crippen LogP contribution in [0.5, 0.6) is 0 Å². The van der Waals surface area contributed by atoms with Gasteiger partial charge < -0.3 is 9.88 Å². The number of aromatic nitrogens is 1. The number of benzene rings is 2. The molecule has 0 unspecified atom stereocenters. The zero-order valence-corrected chi connectivity index (χ0v) is 18.6. The minimum atomic E-state index is -0.0785. The number of likely N-dealkylation sites (N-methyl/N-ethyl adjacent to an activating group) is 1. The summed E-state index contributed by atoms with van der Waals surface area (Å²) >= 11 is 0. The fourth-order valence-electron chi connectivity index (χ4n) is 3.90. The van der Waals surface area contributed by atoms with Crippen LogP contribution in [-0.4, -0.2) is 73.6 Å². The Kier molecular flexibility index (Phi) is 6.53. The van der Waals surface area contributed by atoms with Gasteiger partial charge in [0.05, 0.1) is 6.54 Å². The largest absolute Gasteiger partial charge is 0.321 e. The Balaban J connectivity index is 1.60. The van der Waals surface area contributed by atoms with Gasteiger partial charge in [0.15, 0.2) is 0 Å². The van der Waals surface area contributed by atoms with Crippen LogP contribution < -0.4 is 5.56 Å². The maximum Gasteiger partial charge on any atom is 0.256 e. The first-order chi connectivity index (χ1) is 15.0. The second-order valence-electron chi connectivity index (χ2n) is 8.59. The lowest BCUT2D eigenvalue weighted by molar-refractivity contribution is 0.148. The Bertz CT molecular complexity index is 1160. The summed E-state index contributed by atoms with van der Waals surface area (Å²) in [6.07, 6.45) is 0. The van der Waals surface area contributed by atoms with E-state index in [0.717, 1.165) is 54.9 Å². The fraction of sp³-hybridized carbons (Fsp3) is 0.346. The molecule has 31 heavy (non-hydrogen) atoms. The highest BCUT2D eigenvalue weighted by atomic mass is 16.1. The molecule has 2 heterocycles. The summed E-state index contributed by atoms with van der Waals surface area (Å²) in [5.41, 5.74) is 3.94. The van der Waals surface area contributed by atoms with E-state index in [1.54, 1.807) is 0 Å². The molecule has 0 saturated carbocycles. The molecular weight excluding hydrogens is 384 g/mol. The second-order valence-corrected chi connectivity index (χ2v) is 8.59. The van der Waals surface area contributed by atoms with Crippen molar-refractivity contribution in [1.29, 1.82) is 0 Å². The summed E-state index contributed by atoms with van der Waals surface area (Å²) in [5, 5.41) is 1.57. The lowest BCUT2D eigenvalue weighted by Crippen LogP contribution is -2.43. The SMILES string of the molecule is CN(C)CC#Cc1cccc2c(=O)[nH]c(-c3ccc(CN4CCN(C)CC4)cc3)cc12. The van der Waals surface area contributed by atoms with Gasteiger partial charge in [-0.25, -0.2) is 0 Å². The van der Waals surface area contributed by atoms with Crippen LogP contribution >= 0.6 is 0 Å². The number of nitrogens with zero attached hydrogens (tertiary/aromatic N) is 3. The predicted octanol–water partition coefficient (Wildman–Crippen LogP) is 2.86. The van der Waals surface area contributed by atoms with Crippen molar-refractivity contribution < 1.29 is 0 Å². The number of H-pyrrole nitrogens is 1. The average molecular weight is 415 g/mol. The highest BCUT2D eigenvalue weighted by molar-refractivity contribution is 5.90. The summed E-state index contributed by atoms with van der Waals surface area (Å²) < 4.78 is 0. The van der Waals surface area contributed by atoms with Crippen molar-refractivity contribution in [1.82, 2.24) is 19.7 Å². The van der Waals surface area contributed by atoms with E-state index in [9.17, 15) is 4.79 Å². The van der Waals surface area contributed by atoms with Gasteiger partial charge in [-0.15, -0.1) is 0 Å². The minimum absolute atomic E-state index is 0.0785. The van der Waals surface area contributed by atoms with Gasteiger partial charge in [-0.3, -0.25) is 14.6 Å². The zero-order chi connectivity index (χ0) is 21.8. The first-order valence-electron chi connectivity index (χ1n) is 10.8. The van der Waals surface area contributed by atoms with Crippen LogP contribution in [0.15, 0.2) is 53.3 Å². The van der Waals surface area contributed by atoms with Gasteiger partial charge in [0, 0.05) is 54.8 Å². The monoisotopic (exact) mass is 414 g/mol. The third-order valence-electron chi connectivity index (χ3n) is 5.77. The molecule has 5 heteroatoms. The highest BCUT2D eigenvalue weighted by Crippen LogP contribution is 2.23. The van der Waals surface area contributed by atoms with Gasteiger partial charge in [0.2, 0.25) is 0 Å².